The highest BCUT2D eigenvalue weighted by Gasteiger charge is 2.58. The second-order valence-electron chi connectivity index (χ2n) is 18.6. The maximum atomic E-state index is 13.2. The number of ether oxygens (including phenoxy) is 1. The van der Waals surface area contributed by atoms with Crippen molar-refractivity contribution in [2.45, 2.75) is 224 Å². The smallest absolute Gasteiger partial charge is 0.453 e. The molecule has 4 rings (SSSR count). The van der Waals surface area contributed by atoms with Crippen molar-refractivity contribution in [2.24, 2.45) is 23.2 Å². The minimum absolute atomic E-state index is 0.00266. The zero-order chi connectivity index (χ0) is 42.0. The summed E-state index contributed by atoms with van der Waals surface area (Å²) < 4.78 is 81.7. The van der Waals surface area contributed by atoms with Crippen molar-refractivity contribution in [3.63, 3.8) is 0 Å². The maximum absolute atomic E-state index is 13.2. The highest BCUT2D eigenvalue weighted by molar-refractivity contribution is 7.91. The van der Waals surface area contributed by atoms with Crippen LogP contribution in [-0.4, -0.2) is 45.3 Å². The average Bonchev–Trinajstić information content (AvgIpc) is 3.50. The second-order valence-corrected chi connectivity index (χ2v) is 20.3. The Hall–Kier alpha value is -1.55. The lowest BCUT2D eigenvalue weighted by atomic mass is 9.52. The molecule has 7 unspecified atom stereocenters. The number of alkyl halides is 5. The molecule has 1 aromatic carbocycles. The number of aromatic hydroxyl groups is 1. The molecule has 334 valence electrons. The van der Waals surface area contributed by atoms with E-state index in [0.717, 1.165) is 89.9 Å². The highest BCUT2D eigenvalue weighted by Crippen LogP contribution is 2.63. The number of carbonyl (C=O) groups excluding carboxylic acids is 1. The van der Waals surface area contributed by atoms with E-state index < -0.39 is 36.1 Å². The third-order valence-corrected chi connectivity index (χ3v) is 15.8. The molecule has 0 radical (unpaired) electrons. The van der Waals surface area contributed by atoms with Crippen LogP contribution in [0.2, 0.25) is 0 Å². The van der Waals surface area contributed by atoms with Gasteiger partial charge in [-0.1, -0.05) is 140 Å². The van der Waals surface area contributed by atoms with Gasteiger partial charge in [-0.2, -0.15) is 22.0 Å². The largest absolute Gasteiger partial charge is 0.616 e. The summed E-state index contributed by atoms with van der Waals surface area (Å²) in [6.45, 7) is 4.66. The van der Waals surface area contributed by atoms with Crippen molar-refractivity contribution >= 4 is 17.1 Å². The lowest BCUT2D eigenvalue weighted by molar-refractivity contribution is -0.284. The van der Waals surface area contributed by atoms with Crippen molar-refractivity contribution in [1.82, 2.24) is 0 Å². The van der Waals surface area contributed by atoms with Crippen LogP contribution in [0.4, 0.5) is 22.0 Å². The number of esters is 1. The van der Waals surface area contributed by atoms with E-state index in [1.165, 1.54) is 81.8 Å². The Morgan fingerprint density at radius 2 is 1.36 bits per heavy atom. The van der Waals surface area contributed by atoms with Crippen LogP contribution in [0.25, 0.3) is 0 Å². The fraction of sp³-hybridized carbons (Fsp3) is 0.854. The van der Waals surface area contributed by atoms with Gasteiger partial charge in [0, 0.05) is 18.3 Å². The van der Waals surface area contributed by atoms with Crippen molar-refractivity contribution in [1.29, 1.82) is 0 Å². The zero-order valence-electron chi connectivity index (χ0n) is 36.0. The summed E-state index contributed by atoms with van der Waals surface area (Å²) in [7, 11) is 0. The standard InChI is InChI=1S/C48H77F5O4S/c1-3-4-5-6-7-8-9-10-11-12-15-18-21-25-44(55)57-43-29-28-42-45-37(35-38-36-39(54)26-27-40(38)41(45)30-32-46(42,43)2)24-20-17-14-13-16-19-22-33-58(56)34-23-31-47(49,50)48(51,52)53/h26-27,36-37,41-43,45,54H,3-25,28-35H2,1-2H3. The van der Waals surface area contributed by atoms with Crippen LogP contribution >= 0.6 is 0 Å². The summed E-state index contributed by atoms with van der Waals surface area (Å²) in [6, 6.07) is 5.98. The van der Waals surface area contributed by atoms with Gasteiger partial charge in [-0.3, -0.25) is 4.79 Å². The van der Waals surface area contributed by atoms with Crippen LogP contribution in [0.3, 0.4) is 0 Å². The third-order valence-electron chi connectivity index (χ3n) is 14.3. The molecular weight excluding hydrogens is 768 g/mol. The van der Waals surface area contributed by atoms with E-state index in [1.807, 2.05) is 12.1 Å². The second kappa shape index (κ2) is 24.8. The Morgan fingerprint density at radius 1 is 0.793 bits per heavy atom. The van der Waals surface area contributed by atoms with Crippen molar-refractivity contribution in [2.75, 3.05) is 11.5 Å². The Kier molecular flexibility index (Phi) is 21.0. The van der Waals surface area contributed by atoms with Gasteiger partial charge in [0.15, 0.2) is 0 Å². The molecule has 1 N–H and O–H groups in total. The van der Waals surface area contributed by atoms with Gasteiger partial charge in [-0.15, -0.1) is 0 Å². The first-order chi connectivity index (χ1) is 27.8. The summed E-state index contributed by atoms with van der Waals surface area (Å²) in [4.78, 5) is 13.2. The number of rotatable bonds is 29. The molecule has 58 heavy (non-hydrogen) atoms. The average molecular weight is 845 g/mol. The van der Waals surface area contributed by atoms with Crippen LogP contribution in [0.5, 0.6) is 5.75 Å². The molecule has 2 saturated carbocycles. The molecule has 0 spiro atoms. The van der Waals surface area contributed by atoms with Gasteiger partial charge in [-0.05, 0) is 111 Å². The molecule has 7 atom stereocenters. The Balaban J connectivity index is 1.15. The Labute approximate surface area is 351 Å². The first kappa shape index (κ1) is 49.1. The molecule has 4 nitrogen and oxygen atoms in total. The van der Waals surface area contributed by atoms with E-state index in [-0.39, 0.29) is 23.2 Å². The molecule has 1 aromatic rings. The number of carbonyl (C=O) groups is 1. The molecule has 3 aliphatic rings. The van der Waals surface area contributed by atoms with Gasteiger partial charge < -0.3 is 14.4 Å². The first-order valence-electron chi connectivity index (χ1n) is 23.6. The molecule has 0 aliphatic heterocycles. The predicted molar refractivity (Wildman–Crippen MR) is 227 cm³/mol. The van der Waals surface area contributed by atoms with Crippen LogP contribution in [-0.2, 0) is 27.1 Å². The van der Waals surface area contributed by atoms with Crippen molar-refractivity contribution in [3.8, 4) is 5.75 Å². The number of unbranched alkanes of at least 4 members (excludes halogenated alkanes) is 18. The van der Waals surface area contributed by atoms with Crippen molar-refractivity contribution < 1.29 is 41.1 Å². The van der Waals surface area contributed by atoms with E-state index in [1.54, 1.807) is 0 Å². The quantitative estimate of drug-likeness (QED) is 0.0377. The lowest BCUT2D eigenvalue weighted by Gasteiger charge is -2.53. The lowest BCUT2D eigenvalue weighted by Crippen LogP contribution is -2.48. The molecule has 0 bridgehead atoms. The van der Waals surface area contributed by atoms with Crippen LogP contribution in [0.1, 0.15) is 211 Å². The zero-order valence-corrected chi connectivity index (χ0v) is 36.8. The fourth-order valence-electron chi connectivity index (χ4n) is 11.0. The van der Waals surface area contributed by atoms with Crippen LogP contribution in [0, 0.1) is 23.2 Å². The molecule has 0 amide bonds. The van der Waals surface area contributed by atoms with Gasteiger partial charge in [0.25, 0.3) is 0 Å². The third kappa shape index (κ3) is 15.1. The monoisotopic (exact) mass is 845 g/mol. The molecule has 3 aliphatic carbocycles. The molecule has 0 saturated heterocycles. The number of hydrogen-bond donors (Lipinski definition) is 1. The fourth-order valence-corrected chi connectivity index (χ4v) is 12.2. The molecule has 0 heterocycles. The topological polar surface area (TPSA) is 69.6 Å². The number of phenolic OH excluding ortho intramolecular Hbond substituents is 1. The summed E-state index contributed by atoms with van der Waals surface area (Å²) in [5.74, 6) is -2.13. The minimum Gasteiger partial charge on any atom is -0.616 e. The van der Waals surface area contributed by atoms with Gasteiger partial charge in [-0.25, -0.2) is 0 Å². The van der Waals surface area contributed by atoms with E-state index in [2.05, 4.69) is 19.9 Å². The Bertz CT molecular complexity index is 1330. The summed E-state index contributed by atoms with van der Waals surface area (Å²) in [5, 5.41) is 10.4. The predicted octanol–water partition coefficient (Wildman–Crippen LogP) is 14.7. The summed E-state index contributed by atoms with van der Waals surface area (Å²) >= 11 is -1.37. The molecule has 0 aromatic heterocycles. The van der Waals surface area contributed by atoms with E-state index in [0.29, 0.717) is 48.0 Å². The van der Waals surface area contributed by atoms with Gasteiger partial charge in [0.1, 0.15) is 23.4 Å². The minimum atomic E-state index is -5.55. The normalized spacial score (nSPS) is 24.9. The number of halogens is 5. The number of fused-ring (bicyclic) bond motifs is 5. The van der Waals surface area contributed by atoms with Crippen LogP contribution < -0.4 is 0 Å². The Morgan fingerprint density at radius 3 is 1.98 bits per heavy atom. The van der Waals surface area contributed by atoms with E-state index in [9.17, 15) is 36.4 Å². The molecule has 10 heteroatoms. The van der Waals surface area contributed by atoms with Crippen molar-refractivity contribution in [3.05, 3.63) is 29.3 Å². The van der Waals surface area contributed by atoms with E-state index in [4.69, 9.17) is 4.74 Å². The first-order valence-corrected chi connectivity index (χ1v) is 25.1. The highest BCUT2D eigenvalue weighted by atomic mass is 32.2. The van der Waals surface area contributed by atoms with Gasteiger partial charge >= 0.3 is 18.1 Å². The molecular formula is C48H77F5O4S. The van der Waals surface area contributed by atoms with E-state index >= 15 is 0 Å². The van der Waals surface area contributed by atoms with Crippen LogP contribution in [0.15, 0.2) is 18.2 Å². The summed E-state index contributed by atoms with van der Waals surface area (Å²) in [6.07, 6.45) is 23.3. The number of phenols is 1. The SMILES string of the molecule is CCCCCCCCCCCCCCCC(=O)OC1CCC2C3C(CCCCCCCCC[S+]([O-])CCCC(F)(F)C(F)(F)F)Cc4cc(O)ccc4C3CCC12C. The van der Waals surface area contributed by atoms with Gasteiger partial charge in [0.2, 0.25) is 0 Å². The number of benzene rings is 1. The summed E-state index contributed by atoms with van der Waals surface area (Å²) in [5.41, 5.74) is 2.70. The molecule has 2 fully saturated rings. The van der Waals surface area contributed by atoms with Gasteiger partial charge in [0.05, 0.1) is 0 Å². The maximum Gasteiger partial charge on any atom is 0.453 e. The number of hydrogen-bond acceptors (Lipinski definition) is 4.